The van der Waals surface area contributed by atoms with Crippen molar-refractivity contribution in [2.75, 3.05) is 5.32 Å². The maximum atomic E-state index is 12.9. The zero-order valence-corrected chi connectivity index (χ0v) is 13.5. The van der Waals surface area contributed by atoms with E-state index in [0.29, 0.717) is 28.4 Å². The van der Waals surface area contributed by atoms with E-state index < -0.39 is 5.25 Å². The van der Waals surface area contributed by atoms with Crippen molar-refractivity contribution in [2.24, 2.45) is 0 Å². The van der Waals surface area contributed by atoms with Gasteiger partial charge in [-0.2, -0.15) is 0 Å². The second kappa shape index (κ2) is 6.83. The lowest BCUT2D eigenvalue weighted by molar-refractivity contribution is -0.115. The van der Waals surface area contributed by atoms with Crippen LogP contribution in [0.1, 0.15) is 13.3 Å². The Morgan fingerprint density at radius 2 is 2.12 bits per heavy atom. The lowest BCUT2D eigenvalue weighted by Gasteiger charge is -2.14. The van der Waals surface area contributed by atoms with Crippen molar-refractivity contribution in [3.05, 3.63) is 46.8 Å². The number of H-pyrrole nitrogens is 2. The van der Waals surface area contributed by atoms with E-state index in [1.165, 1.54) is 30.6 Å². The zero-order chi connectivity index (χ0) is 17.1. The number of carbonyl (C=O) groups excluding carboxylic acids is 1. The minimum Gasteiger partial charge on any atom is -0.339 e. The van der Waals surface area contributed by atoms with Gasteiger partial charge in [-0.15, -0.1) is 0 Å². The summed E-state index contributed by atoms with van der Waals surface area (Å²) in [6, 6.07) is 5.52. The molecule has 3 aromatic rings. The quantitative estimate of drug-likeness (QED) is 0.485. The summed E-state index contributed by atoms with van der Waals surface area (Å²) in [6.45, 7) is 1.85. The number of nitrogens with one attached hydrogen (secondary N) is 3. The van der Waals surface area contributed by atoms with E-state index in [1.54, 1.807) is 0 Å². The van der Waals surface area contributed by atoms with Crippen molar-refractivity contribution in [3.8, 4) is 0 Å². The number of thioether (sulfide) groups is 1. The van der Waals surface area contributed by atoms with Crippen LogP contribution in [0, 0.1) is 5.82 Å². The molecule has 0 spiro atoms. The number of imidazole rings is 1. The lowest BCUT2D eigenvalue weighted by atomic mass is 10.2. The van der Waals surface area contributed by atoms with E-state index in [2.05, 4.69) is 25.3 Å². The molecule has 1 aromatic carbocycles. The second-order valence-corrected chi connectivity index (χ2v) is 6.17. The number of hydrogen-bond donors (Lipinski definition) is 3. The van der Waals surface area contributed by atoms with Gasteiger partial charge in [-0.1, -0.05) is 18.7 Å². The summed E-state index contributed by atoms with van der Waals surface area (Å²) in [7, 11) is 0. The van der Waals surface area contributed by atoms with E-state index in [9.17, 15) is 14.0 Å². The van der Waals surface area contributed by atoms with Crippen LogP contribution in [0.15, 0.2) is 40.5 Å². The Labute approximate surface area is 140 Å². The third-order valence-electron chi connectivity index (χ3n) is 3.30. The van der Waals surface area contributed by atoms with Crippen molar-refractivity contribution < 1.29 is 9.18 Å². The average Bonchev–Trinajstić information content (AvgIpc) is 3.03. The summed E-state index contributed by atoms with van der Waals surface area (Å²) in [5.41, 5.74) is 0.761. The summed E-state index contributed by atoms with van der Waals surface area (Å²) in [5, 5.41) is 2.58. The highest BCUT2D eigenvalue weighted by Crippen LogP contribution is 2.23. The number of rotatable bonds is 5. The van der Waals surface area contributed by atoms with Crippen LogP contribution in [0.3, 0.4) is 0 Å². The molecule has 0 aliphatic rings. The Balaban J connectivity index is 1.76. The van der Waals surface area contributed by atoms with Crippen LogP contribution in [-0.2, 0) is 4.79 Å². The molecule has 0 saturated carbocycles. The molecule has 24 heavy (non-hydrogen) atoms. The summed E-state index contributed by atoms with van der Waals surface area (Å²) >= 11 is 1.14. The van der Waals surface area contributed by atoms with E-state index in [-0.39, 0.29) is 17.3 Å². The summed E-state index contributed by atoms with van der Waals surface area (Å²) in [6.07, 6.45) is 1.92. The molecule has 0 fully saturated rings. The average molecular weight is 347 g/mol. The van der Waals surface area contributed by atoms with E-state index in [0.717, 1.165) is 11.8 Å². The zero-order valence-electron chi connectivity index (χ0n) is 12.7. The molecule has 1 unspecified atom stereocenters. The van der Waals surface area contributed by atoms with Crippen LogP contribution in [0.2, 0.25) is 0 Å². The predicted molar refractivity (Wildman–Crippen MR) is 89.5 cm³/mol. The fourth-order valence-corrected chi connectivity index (χ4v) is 2.98. The van der Waals surface area contributed by atoms with E-state index in [1.807, 2.05) is 6.92 Å². The fraction of sp³-hybridized carbons (Fsp3) is 0.200. The molecule has 3 N–H and O–H groups in total. The van der Waals surface area contributed by atoms with Gasteiger partial charge in [0.05, 0.1) is 11.6 Å². The first-order valence-corrected chi connectivity index (χ1v) is 8.11. The third-order valence-corrected chi connectivity index (χ3v) is 4.55. The molecule has 1 atom stereocenters. The first kappa shape index (κ1) is 16.2. The van der Waals surface area contributed by atoms with E-state index >= 15 is 0 Å². The van der Waals surface area contributed by atoms with Gasteiger partial charge in [-0.05, 0) is 30.7 Å². The topological polar surface area (TPSA) is 104 Å². The fourth-order valence-electron chi connectivity index (χ4n) is 2.09. The Hall–Kier alpha value is -2.68. The molecule has 7 nitrogen and oxygen atoms in total. The SMILES string of the molecule is CCC(Sc1nc2nc[nH]c2c(=O)[nH]1)C(=O)Nc1ccc(F)cc1. The van der Waals surface area contributed by atoms with Gasteiger partial charge in [0, 0.05) is 5.69 Å². The van der Waals surface area contributed by atoms with Crippen LogP contribution in [0.5, 0.6) is 0 Å². The highest BCUT2D eigenvalue weighted by atomic mass is 32.2. The first-order chi connectivity index (χ1) is 11.6. The van der Waals surface area contributed by atoms with Gasteiger partial charge < -0.3 is 10.3 Å². The molecule has 0 radical (unpaired) electrons. The van der Waals surface area contributed by atoms with Gasteiger partial charge >= 0.3 is 0 Å². The number of halogens is 1. The Morgan fingerprint density at radius 3 is 2.83 bits per heavy atom. The third kappa shape index (κ3) is 3.46. The van der Waals surface area contributed by atoms with E-state index in [4.69, 9.17) is 0 Å². The van der Waals surface area contributed by atoms with Crippen LogP contribution >= 0.6 is 11.8 Å². The minimum atomic E-state index is -0.463. The molecule has 1 amide bonds. The normalized spacial score (nSPS) is 12.2. The molecular formula is C15H14FN5O2S. The van der Waals surface area contributed by atoms with Crippen molar-refractivity contribution >= 4 is 34.5 Å². The molecule has 2 heterocycles. The first-order valence-electron chi connectivity index (χ1n) is 7.23. The Morgan fingerprint density at radius 1 is 1.38 bits per heavy atom. The molecular weight excluding hydrogens is 333 g/mol. The Bertz CT molecular complexity index is 922. The number of amides is 1. The number of nitrogens with zero attached hydrogens (tertiary/aromatic N) is 2. The van der Waals surface area contributed by atoms with Crippen LogP contribution in [0.4, 0.5) is 10.1 Å². The maximum Gasteiger partial charge on any atom is 0.277 e. The maximum absolute atomic E-state index is 12.9. The smallest absolute Gasteiger partial charge is 0.277 e. The van der Waals surface area contributed by atoms with Gasteiger partial charge in [-0.25, -0.2) is 14.4 Å². The molecule has 0 saturated heterocycles. The minimum absolute atomic E-state index is 0.251. The number of aromatic amines is 2. The van der Waals surface area contributed by atoms with Crippen molar-refractivity contribution in [2.45, 2.75) is 23.8 Å². The van der Waals surface area contributed by atoms with Gasteiger partial charge in [0.1, 0.15) is 5.82 Å². The number of hydrogen-bond acceptors (Lipinski definition) is 5. The lowest BCUT2D eigenvalue weighted by Crippen LogP contribution is -2.25. The molecule has 9 heteroatoms. The van der Waals surface area contributed by atoms with Crippen LogP contribution in [0.25, 0.3) is 11.2 Å². The highest BCUT2D eigenvalue weighted by Gasteiger charge is 2.20. The largest absolute Gasteiger partial charge is 0.339 e. The van der Waals surface area contributed by atoms with Gasteiger partial charge in [0.25, 0.3) is 5.56 Å². The number of aromatic nitrogens is 4. The molecule has 2 aromatic heterocycles. The van der Waals surface area contributed by atoms with Crippen molar-refractivity contribution in [3.63, 3.8) is 0 Å². The number of benzene rings is 1. The van der Waals surface area contributed by atoms with Gasteiger partial charge in [0.15, 0.2) is 16.3 Å². The second-order valence-electron chi connectivity index (χ2n) is 4.98. The van der Waals surface area contributed by atoms with Crippen LogP contribution < -0.4 is 10.9 Å². The molecule has 3 rings (SSSR count). The summed E-state index contributed by atoms with van der Waals surface area (Å²) in [4.78, 5) is 37.8. The standard InChI is InChI=1S/C15H14FN5O2S/c1-2-10(13(22)19-9-5-3-8(16)4-6-9)24-15-20-12-11(14(23)21-15)17-7-18-12/h3-7,10H,2H2,1H3,(H,19,22)(H2,17,18,20,21,23). The van der Waals surface area contributed by atoms with Crippen molar-refractivity contribution in [1.82, 2.24) is 19.9 Å². The number of anilines is 1. The summed E-state index contributed by atoms with van der Waals surface area (Å²) in [5.74, 6) is -0.623. The Kier molecular flexibility index (Phi) is 4.61. The van der Waals surface area contributed by atoms with Gasteiger partial charge in [0.2, 0.25) is 5.91 Å². The van der Waals surface area contributed by atoms with Crippen LogP contribution in [-0.4, -0.2) is 31.1 Å². The van der Waals surface area contributed by atoms with Gasteiger partial charge in [-0.3, -0.25) is 14.6 Å². The monoisotopic (exact) mass is 347 g/mol. The highest BCUT2D eigenvalue weighted by molar-refractivity contribution is 8.00. The molecule has 0 bridgehead atoms. The molecule has 0 aliphatic carbocycles. The summed E-state index contributed by atoms with van der Waals surface area (Å²) < 4.78 is 12.9. The number of carbonyl (C=O) groups is 1. The number of fused-ring (bicyclic) bond motifs is 1. The molecule has 124 valence electrons. The van der Waals surface area contributed by atoms with Crippen molar-refractivity contribution in [1.29, 1.82) is 0 Å². The predicted octanol–water partition coefficient (Wildman–Crippen LogP) is 2.29. The molecule has 0 aliphatic heterocycles.